The minimum Gasteiger partial charge on any atom is -0.497 e. The highest BCUT2D eigenvalue weighted by Crippen LogP contribution is 2.26. The number of carboxylic acid groups (broad SMARTS) is 1. The summed E-state index contributed by atoms with van der Waals surface area (Å²) in [6.45, 7) is 0.239. The molecule has 0 saturated carbocycles. The van der Waals surface area contributed by atoms with Crippen LogP contribution in [0.4, 0.5) is 0 Å². The maximum Gasteiger partial charge on any atom is 0.346 e. The van der Waals surface area contributed by atoms with Crippen molar-refractivity contribution >= 4 is 39.8 Å². The van der Waals surface area contributed by atoms with Crippen LogP contribution in [-0.2, 0) is 6.61 Å². The third kappa shape index (κ3) is 3.92. The largest absolute Gasteiger partial charge is 0.497 e. The molecule has 0 spiro atoms. The Morgan fingerprint density at radius 2 is 1.87 bits per heavy atom. The molecule has 0 aliphatic heterocycles. The van der Waals surface area contributed by atoms with Crippen LogP contribution in [0.1, 0.15) is 15.2 Å². The maximum atomic E-state index is 13.0. The summed E-state index contributed by atoms with van der Waals surface area (Å²) in [7, 11) is 1.58. The number of thiophene rings is 1. The molecule has 158 valence electrons. The number of nitrogens with one attached hydrogen (secondary N) is 1. The zero-order valence-corrected chi connectivity index (χ0v) is 17.6. The second-order valence-corrected chi connectivity index (χ2v) is 7.77. The first-order valence-electron chi connectivity index (χ1n) is 8.94. The predicted molar refractivity (Wildman–Crippen MR) is 117 cm³/mol. The Morgan fingerprint density at radius 1 is 1.16 bits per heavy atom. The number of halogens is 1. The monoisotopic (exact) mass is 458 g/mol. The highest BCUT2D eigenvalue weighted by molar-refractivity contribution is 7.13. The Kier molecular flexibility index (Phi) is 5.53. The van der Waals surface area contributed by atoms with E-state index in [1.807, 2.05) is 12.1 Å². The molecule has 0 saturated heterocycles. The van der Waals surface area contributed by atoms with Gasteiger partial charge in [-0.2, -0.15) is 0 Å². The number of hydrogen-bond acceptors (Lipinski definition) is 6. The molecule has 4 aromatic rings. The fourth-order valence-electron chi connectivity index (χ4n) is 3.06. The molecule has 8 nitrogen and oxygen atoms in total. The van der Waals surface area contributed by atoms with Gasteiger partial charge in [-0.15, -0.1) is 11.3 Å². The number of aromatic amines is 1. The number of nitrogens with zero attached hydrogens (tertiary/aromatic N) is 1. The molecular formula is C21H15ClN2O6S. The van der Waals surface area contributed by atoms with Crippen LogP contribution in [0, 0.1) is 0 Å². The molecule has 0 radical (unpaired) electrons. The molecule has 0 atom stereocenters. The molecule has 2 N–H and O–H groups in total. The minimum absolute atomic E-state index is 0.0854. The quantitative estimate of drug-likeness (QED) is 0.456. The van der Waals surface area contributed by atoms with Gasteiger partial charge >= 0.3 is 11.7 Å². The number of aromatic nitrogens is 2. The second kappa shape index (κ2) is 8.29. The van der Waals surface area contributed by atoms with E-state index in [-0.39, 0.29) is 33.1 Å². The van der Waals surface area contributed by atoms with Gasteiger partial charge in [-0.25, -0.2) is 14.2 Å². The van der Waals surface area contributed by atoms with E-state index in [9.17, 15) is 19.5 Å². The SMILES string of the molecule is COc1ccc(COc2ccc(Cl)c(-n3c(=O)[nH]c4csc(C(=O)O)c4c3=O)c2)cc1. The number of carboxylic acids is 1. The first kappa shape index (κ1) is 20.7. The van der Waals surface area contributed by atoms with Crippen molar-refractivity contribution < 1.29 is 19.4 Å². The van der Waals surface area contributed by atoms with Crippen LogP contribution < -0.4 is 20.7 Å². The van der Waals surface area contributed by atoms with Crippen LogP contribution in [-0.4, -0.2) is 27.7 Å². The molecule has 10 heteroatoms. The summed E-state index contributed by atoms with van der Waals surface area (Å²) in [6.07, 6.45) is 0. The molecule has 2 aromatic carbocycles. The molecule has 4 rings (SSSR count). The lowest BCUT2D eigenvalue weighted by molar-refractivity contribution is 0.0704. The third-order valence-corrected chi connectivity index (χ3v) is 5.86. The number of aromatic carboxylic acids is 1. The van der Waals surface area contributed by atoms with E-state index in [2.05, 4.69) is 4.98 Å². The van der Waals surface area contributed by atoms with Crippen molar-refractivity contribution in [3.63, 3.8) is 0 Å². The Labute approximate surface area is 183 Å². The van der Waals surface area contributed by atoms with Crippen LogP contribution in [0.25, 0.3) is 16.6 Å². The van der Waals surface area contributed by atoms with Gasteiger partial charge in [0.1, 0.15) is 23.0 Å². The summed E-state index contributed by atoms with van der Waals surface area (Å²) in [4.78, 5) is 39.4. The number of hydrogen-bond donors (Lipinski definition) is 2. The molecular weight excluding hydrogens is 444 g/mol. The standard InChI is InChI=1S/C21H15ClN2O6S/c1-29-12-4-2-11(3-5-12)9-30-13-6-7-14(22)16(8-13)24-19(25)17-15(23-21(24)28)10-31-18(17)20(26)27/h2-8,10H,9H2,1H3,(H,23,28)(H,26,27). The van der Waals surface area contributed by atoms with Gasteiger partial charge in [-0.1, -0.05) is 23.7 Å². The Bertz CT molecular complexity index is 1400. The van der Waals surface area contributed by atoms with E-state index >= 15 is 0 Å². The van der Waals surface area contributed by atoms with Gasteiger partial charge in [-0.05, 0) is 29.8 Å². The first-order chi connectivity index (χ1) is 14.9. The number of rotatable bonds is 6. The van der Waals surface area contributed by atoms with Crippen LogP contribution in [0.5, 0.6) is 11.5 Å². The molecule has 0 unspecified atom stereocenters. The van der Waals surface area contributed by atoms with Crippen molar-refractivity contribution in [2.75, 3.05) is 7.11 Å². The zero-order chi connectivity index (χ0) is 22.1. The lowest BCUT2D eigenvalue weighted by Gasteiger charge is -2.11. The zero-order valence-electron chi connectivity index (χ0n) is 16.0. The van der Waals surface area contributed by atoms with Crippen LogP contribution in [0.15, 0.2) is 57.4 Å². The van der Waals surface area contributed by atoms with Crippen molar-refractivity contribution in [1.82, 2.24) is 9.55 Å². The van der Waals surface area contributed by atoms with Crippen molar-refractivity contribution in [1.29, 1.82) is 0 Å². The molecule has 0 aliphatic rings. The van der Waals surface area contributed by atoms with Gasteiger partial charge in [0.2, 0.25) is 0 Å². The Balaban J connectivity index is 1.74. The van der Waals surface area contributed by atoms with Crippen molar-refractivity contribution in [3.05, 3.63) is 84.1 Å². The topological polar surface area (TPSA) is 111 Å². The summed E-state index contributed by atoms with van der Waals surface area (Å²) < 4.78 is 11.7. The second-order valence-electron chi connectivity index (χ2n) is 6.48. The van der Waals surface area contributed by atoms with E-state index in [1.165, 1.54) is 17.5 Å². The average molecular weight is 459 g/mol. The third-order valence-electron chi connectivity index (χ3n) is 4.57. The smallest absolute Gasteiger partial charge is 0.346 e. The van der Waals surface area contributed by atoms with Crippen LogP contribution in [0.2, 0.25) is 5.02 Å². The van der Waals surface area contributed by atoms with E-state index in [0.717, 1.165) is 27.2 Å². The maximum absolute atomic E-state index is 13.0. The lowest BCUT2D eigenvalue weighted by Crippen LogP contribution is -2.34. The van der Waals surface area contributed by atoms with E-state index < -0.39 is 17.2 Å². The van der Waals surface area contributed by atoms with Gasteiger partial charge in [0.05, 0.1) is 28.7 Å². The average Bonchev–Trinajstić information content (AvgIpc) is 3.18. The highest BCUT2D eigenvalue weighted by Gasteiger charge is 2.20. The van der Waals surface area contributed by atoms with E-state index in [1.54, 1.807) is 25.3 Å². The molecule has 2 aromatic heterocycles. The molecule has 0 amide bonds. The number of fused-ring (bicyclic) bond motifs is 1. The Morgan fingerprint density at radius 3 is 2.55 bits per heavy atom. The summed E-state index contributed by atoms with van der Waals surface area (Å²) in [5, 5.41) is 10.8. The van der Waals surface area contributed by atoms with Gasteiger partial charge in [-0.3, -0.25) is 4.79 Å². The fourth-order valence-corrected chi connectivity index (χ4v) is 4.09. The number of benzene rings is 2. The summed E-state index contributed by atoms with van der Waals surface area (Å²) in [6, 6.07) is 11.9. The Hall–Kier alpha value is -3.56. The molecule has 0 aliphatic carbocycles. The highest BCUT2D eigenvalue weighted by atomic mass is 35.5. The number of methoxy groups -OCH3 is 1. The van der Waals surface area contributed by atoms with Gasteiger partial charge in [0, 0.05) is 11.4 Å². The van der Waals surface area contributed by atoms with Crippen LogP contribution >= 0.6 is 22.9 Å². The van der Waals surface area contributed by atoms with Crippen molar-refractivity contribution in [2.45, 2.75) is 6.61 Å². The van der Waals surface area contributed by atoms with E-state index in [0.29, 0.717) is 5.75 Å². The van der Waals surface area contributed by atoms with E-state index in [4.69, 9.17) is 21.1 Å². The lowest BCUT2D eigenvalue weighted by atomic mass is 10.2. The molecule has 2 heterocycles. The number of H-pyrrole nitrogens is 1. The number of carbonyl (C=O) groups is 1. The van der Waals surface area contributed by atoms with Crippen molar-refractivity contribution in [3.8, 4) is 17.2 Å². The summed E-state index contributed by atoms with van der Waals surface area (Å²) in [5.74, 6) is -0.149. The minimum atomic E-state index is -1.25. The van der Waals surface area contributed by atoms with Crippen LogP contribution in [0.3, 0.4) is 0 Å². The fraction of sp³-hybridized carbons (Fsp3) is 0.0952. The van der Waals surface area contributed by atoms with Gasteiger partial charge in [0.15, 0.2) is 0 Å². The normalized spacial score (nSPS) is 10.9. The molecule has 0 bridgehead atoms. The van der Waals surface area contributed by atoms with Crippen molar-refractivity contribution in [2.24, 2.45) is 0 Å². The summed E-state index contributed by atoms with van der Waals surface area (Å²) >= 11 is 7.12. The molecule has 0 fully saturated rings. The van der Waals surface area contributed by atoms with Gasteiger partial charge in [0.25, 0.3) is 5.56 Å². The molecule has 31 heavy (non-hydrogen) atoms. The first-order valence-corrected chi connectivity index (χ1v) is 10.2. The number of ether oxygens (including phenoxy) is 2. The summed E-state index contributed by atoms with van der Waals surface area (Å²) in [5.41, 5.74) is -0.368. The van der Waals surface area contributed by atoms with Gasteiger partial charge < -0.3 is 19.6 Å². The predicted octanol–water partition coefficient (Wildman–Crippen LogP) is 3.68.